The van der Waals surface area contributed by atoms with Crippen LogP contribution in [-0.2, 0) is 9.47 Å². The van der Waals surface area contributed by atoms with Gasteiger partial charge in [-0.3, -0.25) is 0 Å². The van der Waals surface area contributed by atoms with Crippen molar-refractivity contribution < 1.29 is 50.3 Å². The normalized spacial score (nSPS) is 54.2. The highest BCUT2D eigenvalue weighted by atomic mass is 16.7. The van der Waals surface area contributed by atoms with Crippen LogP contribution in [0.4, 0.5) is 0 Å². The number of fused-ring (bicyclic) bond motifs is 2. The van der Waals surface area contributed by atoms with E-state index < -0.39 is 65.4 Å². The first-order chi connectivity index (χ1) is 20.6. The van der Waals surface area contributed by atoms with Crippen LogP contribution in [0.2, 0.25) is 0 Å². The molecule has 5 saturated carbocycles. The molecule has 8 N–H and O–H groups in total. The summed E-state index contributed by atoms with van der Waals surface area (Å²) in [5.41, 5.74) is -3.68. The molecule has 1 heterocycles. The standard InChI is InChI=1S/C35H60O10/c1-29(2)23(45-28-25(41)24(40)20(38)16-44-28)9-11-35-17-34(35)13-12-31(5)27(33(7,43)10-8-22(39)30(3,4)42)19(37)15-32(31,6)21(34)14-18(36)26(29)35/h18-28,36-43H,8-17H2,1-7H3. The minimum atomic E-state index is -1.36. The summed E-state index contributed by atoms with van der Waals surface area (Å²) in [6, 6.07) is 0. The van der Waals surface area contributed by atoms with Gasteiger partial charge >= 0.3 is 0 Å². The molecule has 10 nitrogen and oxygen atoms in total. The molecule has 0 amide bonds. The highest BCUT2D eigenvalue weighted by Gasteiger charge is 2.84. The number of aliphatic hydroxyl groups is 8. The quantitative estimate of drug-likeness (QED) is 0.191. The van der Waals surface area contributed by atoms with Crippen LogP contribution in [0, 0.1) is 44.8 Å². The van der Waals surface area contributed by atoms with E-state index in [-0.39, 0.29) is 59.0 Å². The topological polar surface area (TPSA) is 180 Å². The van der Waals surface area contributed by atoms with Crippen LogP contribution in [0.15, 0.2) is 0 Å². The van der Waals surface area contributed by atoms with E-state index in [1.807, 2.05) is 0 Å². The third-order valence-corrected chi connectivity index (χ3v) is 15.1. The van der Waals surface area contributed by atoms with Gasteiger partial charge in [0.2, 0.25) is 0 Å². The van der Waals surface area contributed by atoms with E-state index in [0.717, 1.165) is 32.1 Å². The molecule has 0 aromatic carbocycles. The second kappa shape index (κ2) is 10.6. The summed E-state index contributed by atoms with van der Waals surface area (Å²) < 4.78 is 12.0. The van der Waals surface area contributed by atoms with Gasteiger partial charge < -0.3 is 50.3 Å². The molecule has 6 fully saturated rings. The average Bonchev–Trinajstić information content (AvgIpc) is 3.51. The van der Waals surface area contributed by atoms with Gasteiger partial charge in [0.25, 0.3) is 0 Å². The first kappa shape index (κ1) is 34.5. The Kier molecular flexibility index (Phi) is 8.08. The van der Waals surface area contributed by atoms with Crippen LogP contribution < -0.4 is 0 Å². The van der Waals surface area contributed by atoms with Crippen molar-refractivity contribution in [2.45, 2.75) is 166 Å². The summed E-state index contributed by atoms with van der Waals surface area (Å²) in [6.45, 7) is 13.6. The summed E-state index contributed by atoms with van der Waals surface area (Å²) in [7, 11) is 0. The average molecular weight is 641 g/mol. The van der Waals surface area contributed by atoms with Gasteiger partial charge in [0, 0.05) is 5.92 Å². The lowest BCUT2D eigenvalue weighted by Crippen LogP contribution is -2.63. The fourth-order valence-corrected chi connectivity index (χ4v) is 12.8. The number of rotatable bonds is 7. The zero-order chi connectivity index (χ0) is 33.3. The zero-order valence-corrected chi connectivity index (χ0v) is 28.3. The Hall–Kier alpha value is -0.400. The van der Waals surface area contributed by atoms with Crippen LogP contribution in [0.3, 0.4) is 0 Å². The lowest BCUT2D eigenvalue weighted by Gasteiger charge is -2.64. The summed E-state index contributed by atoms with van der Waals surface area (Å²) in [4.78, 5) is 0. The Morgan fingerprint density at radius 2 is 1.51 bits per heavy atom. The second-order valence-corrected chi connectivity index (χ2v) is 18.2. The molecular weight excluding hydrogens is 580 g/mol. The molecule has 0 radical (unpaired) electrons. The molecule has 0 aromatic heterocycles. The third-order valence-electron chi connectivity index (χ3n) is 15.1. The molecule has 1 aliphatic heterocycles. The Morgan fingerprint density at radius 3 is 2.16 bits per heavy atom. The largest absolute Gasteiger partial charge is 0.393 e. The van der Waals surface area contributed by atoms with E-state index in [1.54, 1.807) is 20.8 Å². The van der Waals surface area contributed by atoms with Crippen LogP contribution in [0.5, 0.6) is 0 Å². The Labute approximate surface area is 268 Å². The summed E-state index contributed by atoms with van der Waals surface area (Å²) in [5, 5.41) is 87.2. The van der Waals surface area contributed by atoms with Crippen LogP contribution in [0.1, 0.15) is 106 Å². The van der Waals surface area contributed by atoms with E-state index in [1.165, 1.54) is 0 Å². The van der Waals surface area contributed by atoms with Gasteiger partial charge in [-0.1, -0.05) is 27.7 Å². The highest BCUT2D eigenvalue weighted by molar-refractivity contribution is 5.33. The Morgan fingerprint density at radius 1 is 0.844 bits per heavy atom. The molecule has 0 aromatic rings. The molecule has 45 heavy (non-hydrogen) atoms. The summed E-state index contributed by atoms with van der Waals surface area (Å²) in [6.07, 6.45) is -1.41. The second-order valence-electron chi connectivity index (χ2n) is 18.2. The van der Waals surface area contributed by atoms with Gasteiger partial charge in [-0.05, 0) is 117 Å². The molecule has 16 unspecified atom stereocenters. The summed E-state index contributed by atoms with van der Waals surface area (Å²) in [5.74, 6) is -0.249. The van der Waals surface area contributed by atoms with Gasteiger partial charge in [0.1, 0.15) is 18.3 Å². The van der Waals surface area contributed by atoms with Gasteiger partial charge in [-0.25, -0.2) is 0 Å². The predicted octanol–water partition coefficient (Wildman–Crippen LogP) is 1.85. The van der Waals surface area contributed by atoms with Crippen molar-refractivity contribution in [3.63, 3.8) is 0 Å². The molecule has 16 atom stereocenters. The van der Waals surface area contributed by atoms with Crippen molar-refractivity contribution >= 4 is 0 Å². The van der Waals surface area contributed by atoms with Gasteiger partial charge in [-0.15, -0.1) is 0 Å². The Balaban J connectivity index is 1.24. The van der Waals surface area contributed by atoms with E-state index in [4.69, 9.17) is 9.47 Å². The summed E-state index contributed by atoms with van der Waals surface area (Å²) >= 11 is 0. The maximum Gasteiger partial charge on any atom is 0.186 e. The fraction of sp³-hybridized carbons (Fsp3) is 1.00. The molecule has 6 aliphatic rings. The zero-order valence-electron chi connectivity index (χ0n) is 28.3. The first-order valence-corrected chi connectivity index (χ1v) is 17.4. The smallest absolute Gasteiger partial charge is 0.186 e. The lowest BCUT2D eigenvalue weighted by atomic mass is 9.41. The first-order valence-electron chi connectivity index (χ1n) is 17.4. The number of aliphatic hydroxyl groups excluding tert-OH is 6. The minimum Gasteiger partial charge on any atom is -0.393 e. The monoisotopic (exact) mass is 640 g/mol. The molecule has 10 heteroatoms. The van der Waals surface area contributed by atoms with Crippen molar-refractivity contribution in [1.82, 2.24) is 0 Å². The molecule has 0 bridgehead atoms. The molecule has 2 spiro atoms. The minimum absolute atomic E-state index is 0.0299. The SMILES string of the molecule is CC(C)(O)C(O)CCC(C)(O)C1C(O)CC2(C)C3CC(O)C4C(C)(C)C(OC5OCC(O)C(O)C5O)CCC45CC35CCC12C. The van der Waals surface area contributed by atoms with Crippen LogP contribution >= 0.6 is 0 Å². The van der Waals surface area contributed by atoms with Crippen LogP contribution in [-0.4, -0.2) is 108 Å². The van der Waals surface area contributed by atoms with E-state index in [2.05, 4.69) is 27.7 Å². The highest BCUT2D eigenvalue weighted by Crippen LogP contribution is 2.89. The van der Waals surface area contributed by atoms with Gasteiger partial charge in [-0.2, -0.15) is 0 Å². The molecule has 6 rings (SSSR count). The number of hydrogen-bond acceptors (Lipinski definition) is 10. The fourth-order valence-electron chi connectivity index (χ4n) is 12.8. The molecule has 260 valence electrons. The van der Waals surface area contributed by atoms with Crippen molar-refractivity contribution in [1.29, 1.82) is 0 Å². The van der Waals surface area contributed by atoms with Gasteiger partial charge in [0.15, 0.2) is 6.29 Å². The van der Waals surface area contributed by atoms with Crippen molar-refractivity contribution in [3.05, 3.63) is 0 Å². The molecule has 1 saturated heterocycles. The lowest BCUT2D eigenvalue weighted by molar-refractivity contribution is -0.306. The van der Waals surface area contributed by atoms with E-state index in [0.29, 0.717) is 12.8 Å². The van der Waals surface area contributed by atoms with Crippen molar-refractivity contribution in [2.75, 3.05) is 6.61 Å². The number of ether oxygens (including phenoxy) is 2. The van der Waals surface area contributed by atoms with Crippen LogP contribution in [0.25, 0.3) is 0 Å². The maximum absolute atomic E-state index is 12.1. The van der Waals surface area contributed by atoms with Crippen molar-refractivity contribution in [2.24, 2.45) is 44.8 Å². The Bertz CT molecular complexity index is 1140. The maximum atomic E-state index is 12.1. The number of hydrogen-bond donors (Lipinski definition) is 8. The van der Waals surface area contributed by atoms with Crippen molar-refractivity contribution in [3.8, 4) is 0 Å². The predicted molar refractivity (Wildman–Crippen MR) is 164 cm³/mol. The molecule has 5 aliphatic carbocycles. The van der Waals surface area contributed by atoms with E-state index in [9.17, 15) is 40.9 Å². The van der Waals surface area contributed by atoms with Gasteiger partial charge in [0.05, 0.1) is 42.2 Å². The van der Waals surface area contributed by atoms with E-state index >= 15 is 0 Å². The third kappa shape index (κ3) is 4.71. The molecular formula is C35H60O10.